The van der Waals surface area contributed by atoms with E-state index < -0.39 is 0 Å². The van der Waals surface area contributed by atoms with E-state index in [4.69, 9.17) is 21.1 Å². The fourth-order valence-electron chi connectivity index (χ4n) is 4.13. The predicted octanol–water partition coefficient (Wildman–Crippen LogP) is 5.93. The van der Waals surface area contributed by atoms with Gasteiger partial charge in [0.1, 0.15) is 0 Å². The van der Waals surface area contributed by atoms with Gasteiger partial charge in [-0.05, 0) is 65.7 Å². The highest BCUT2D eigenvalue weighted by atomic mass is 35.5. The number of pyridine rings is 1. The highest BCUT2D eigenvalue weighted by Crippen LogP contribution is 2.33. The van der Waals surface area contributed by atoms with Crippen molar-refractivity contribution in [2.75, 3.05) is 6.79 Å². The summed E-state index contributed by atoms with van der Waals surface area (Å²) in [6, 6.07) is 24.6. The minimum atomic E-state index is -0.144. The van der Waals surface area contributed by atoms with Crippen LogP contribution < -0.4 is 14.8 Å². The lowest BCUT2D eigenvalue weighted by atomic mass is 10.1. The normalized spacial score (nSPS) is 11.9. The second-order valence-corrected chi connectivity index (χ2v) is 10.1. The van der Waals surface area contributed by atoms with Gasteiger partial charge in [-0.3, -0.25) is 14.3 Å². The van der Waals surface area contributed by atoms with Crippen LogP contribution >= 0.6 is 23.4 Å². The number of hydrogen-bond donors (Lipinski definition) is 1. The van der Waals surface area contributed by atoms with Gasteiger partial charge in [-0.15, -0.1) is 10.2 Å². The molecule has 3 heterocycles. The number of carbonyl (C=O) groups is 1. The van der Waals surface area contributed by atoms with Crippen molar-refractivity contribution >= 4 is 29.3 Å². The topological polar surface area (TPSA) is 91.2 Å². The van der Waals surface area contributed by atoms with E-state index >= 15 is 0 Å². The molecule has 39 heavy (non-hydrogen) atoms. The molecule has 3 aromatic carbocycles. The lowest BCUT2D eigenvalue weighted by Gasteiger charge is -2.11. The minimum Gasteiger partial charge on any atom is -0.454 e. The number of ether oxygens (including phenoxy) is 2. The fraction of sp³-hybridized carbons (Fsp3) is 0.103. The maximum Gasteiger partial charge on any atom is 0.251 e. The number of nitrogens with one attached hydrogen (secondary N) is 1. The maximum absolute atomic E-state index is 12.7. The molecular formula is C29H22ClN5O3S. The summed E-state index contributed by atoms with van der Waals surface area (Å²) in [5, 5.41) is 13.2. The molecule has 0 bridgehead atoms. The zero-order valence-corrected chi connectivity index (χ0v) is 22.2. The number of fused-ring (bicyclic) bond motifs is 1. The molecule has 10 heteroatoms. The minimum absolute atomic E-state index is 0.144. The van der Waals surface area contributed by atoms with E-state index in [0.717, 1.165) is 33.3 Å². The molecular weight excluding hydrogens is 534 g/mol. The Bertz CT molecular complexity index is 1630. The monoisotopic (exact) mass is 555 g/mol. The summed E-state index contributed by atoms with van der Waals surface area (Å²) < 4.78 is 12.7. The van der Waals surface area contributed by atoms with Crippen molar-refractivity contribution in [3.05, 3.63) is 113 Å². The second-order valence-electron chi connectivity index (χ2n) is 8.71. The Kier molecular flexibility index (Phi) is 7.16. The standard InChI is InChI=1S/C29H22ClN5O3S/c30-23-2-1-3-24(15-23)35-27(21-10-12-31-13-11-21)33-34-29(35)39-17-19-4-7-22(8-5-19)28(36)32-16-20-6-9-25-26(14-20)38-18-37-25/h1-15H,16-18H2,(H,32,36). The number of benzene rings is 3. The number of hydrogen-bond acceptors (Lipinski definition) is 7. The van der Waals surface area contributed by atoms with Crippen molar-refractivity contribution in [3.8, 4) is 28.6 Å². The highest BCUT2D eigenvalue weighted by molar-refractivity contribution is 7.98. The van der Waals surface area contributed by atoms with Crippen molar-refractivity contribution in [1.29, 1.82) is 0 Å². The van der Waals surface area contributed by atoms with Gasteiger partial charge in [0.15, 0.2) is 22.5 Å². The SMILES string of the molecule is O=C(NCc1ccc2c(c1)OCO2)c1ccc(CSc2nnc(-c3ccncc3)n2-c2cccc(Cl)c2)cc1. The summed E-state index contributed by atoms with van der Waals surface area (Å²) in [6.07, 6.45) is 3.46. The molecule has 0 saturated heterocycles. The van der Waals surface area contributed by atoms with E-state index in [1.165, 1.54) is 0 Å². The van der Waals surface area contributed by atoms with Gasteiger partial charge in [-0.1, -0.05) is 47.6 Å². The quantitative estimate of drug-likeness (QED) is 0.237. The first-order valence-corrected chi connectivity index (χ1v) is 13.5. The first kappa shape index (κ1) is 25.0. The summed E-state index contributed by atoms with van der Waals surface area (Å²) in [7, 11) is 0. The first-order chi connectivity index (χ1) is 19.1. The average molecular weight is 556 g/mol. The van der Waals surface area contributed by atoms with Crippen LogP contribution in [0, 0.1) is 0 Å². The number of rotatable bonds is 8. The summed E-state index contributed by atoms with van der Waals surface area (Å²) in [5.74, 6) is 2.63. The van der Waals surface area contributed by atoms with Gasteiger partial charge in [-0.2, -0.15) is 0 Å². The zero-order valence-electron chi connectivity index (χ0n) is 20.6. The molecule has 0 spiro atoms. The van der Waals surface area contributed by atoms with Gasteiger partial charge in [0.05, 0.1) is 5.69 Å². The molecule has 1 N–H and O–H groups in total. The van der Waals surface area contributed by atoms with Gasteiger partial charge in [0, 0.05) is 40.8 Å². The lowest BCUT2D eigenvalue weighted by Crippen LogP contribution is -2.22. The van der Waals surface area contributed by atoms with E-state index in [1.807, 2.05) is 83.4 Å². The maximum atomic E-state index is 12.7. The second kappa shape index (κ2) is 11.2. The molecule has 5 aromatic rings. The molecule has 0 saturated carbocycles. The lowest BCUT2D eigenvalue weighted by molar-refractivity contribution is 0.0951. The third-order valence-electron chi connectivity index (χ3n) is 6.11. The van der Waals surface area contributed by atoms with Gasteiger partial charge in [-0.25, -0.2) is 0 Å². The van der Waals surface area contributed by atoms with Crippen LogP contribution in [0.2, 0.25) is 5.02 Å². The Morgan fingerprint density at radius 2 is 1.72 bits per heavy atom. The summed E-state index contributed by atoms with van der Waals surface area (Å²) >= 11 is 7.85. The van der Waals surface area contributed by atoms with Gasteiger partial charge >= 0.3 is 0 Å². The Balaban J connectivity index is 1.14. The largest absolute Gasteiger partial charge is 0.454 e. The van der Waals surface area contributed by atoms with E-state index in [9.17, 15) is 4.79 Å². The molecule has 194 valence electrons. The molecule has 2 aromatic heterocycles. The third-order valence-corrected chi connectivity index (χ3v) is 7.35. The zero-order chi connectivity index (χ0) is 26.6. The van der Waals surface area contributed by atoms with Crippen LogP contribution in [0.5, 0.6) is 11.5 Å². The average Bonchev–Trinajstić information content (AvgIpc) is 3.62. The molecule has 0 unspecified atom stereocenters. The van der Waals surface area contributed by atoms with Crippen molar-refractivity contribution < 1.29 is 14.3 Å². The summed E-state index contributed by atoms with van der Waals surface area (Å²) in [5.41, 5.74) is 4.36. The van der Waals surface area contributed by atoms with Crippen molar-refractivity contribution in [2.24, 2.45) is 0 Å². The van der Waals surface area contributed by atoms with Crippen LogP contribution in [0.25, 0.3) is 17.1 Å². The van der Waals surface area contributed by atoms with Crippen LogP contribution in [0.4, 0.5) is 0 Å². The summed E-state index contributed by atoms with van der Waals surface area (Å²) in [4.78, 5) is 16.8. The van der Waals surface area contributed by atoms with E-state index in [0.29, 0.717) is 34.5 Å². The van der Waals surface area contributed by atoms with Gasteiger partial charge < -0.3 is 14.8 Å². The van der Waals surface area contributed by atoms with Gasteiger partial charge in [0.25, 0.3) is 5.91 Å². The van der Waals surface area contributed by atoms with Crippen LogP contribution in [-0.4, -0.2) is 32.4 Å². The number of halogens is 1. The van der Waals surface area contributed by atoms with E-state index in [2.05, 4.69) is 20.5 Å². The molecule has 0 radical (unpaired) electrons. The number of amides is 1. The summed E-state index contributed by atoms with van der Waals surface area (Å²) in [6.45, 7) is 0.618. The number of thioether (sulfide) groups is 1. The number of carbonyl (C=O) groups excluding carboxylic acids is 1. The Hall–Kier alpha value is -4.34. The van der Waals surface area contributed by atoms with Crippen molar-refractivity contribution in [1.82, 2.24) is 25.1 Å². The predicted molar refractivity (Wildman–Crippen MR) is 149 cm³/mol. The molecule has 0 aliphatic carbocycles. The molecule has 1 aliphatic heterocycles. The van der Waals surface area contributed by atoms with E-state index in [-0.39, 0.29) is 12.7 Å². The van der Waals surface area contributed by atoms with Gasteiger partial charge in [0.2, 0.25) is 6.79 Å². The van der Waals surface area contributed by atoms with Crippen LogP contribution in [-0.2, 0) is 12.3 Å². The molecule has 0 fully saturated rings. The molecule has 1 amide bonds. The van der Waals surface area contributed by atoms with Crippen molar-refractivity contribution in [2.45, 2.75) is 17.5 Å². The molecule has 6 rings (SSSR count). The molecule has 0 atom stereocenters. The van der Waals surface area contributed by atoms with Crippen LogP contribution in [0.3, 0.4) is 0 Å². The Labute approximate surface area is 234 Å². The Morgan fingerprint density at radius 3 is 2.54 bits per heavy atom. The van der Waals surface area contributed by atoms with Crippen LogP contribution in [0.15, 0.2) is 96.4 Å². The number of aromatic nitrogens is 4. The highest BCUT2D eigenvalue weighted by Gasteiger charge is 2.17. The Morgan fingerprint density at radius 1 is 0.923 bits per heavy atom. The molecule has 1 aliphatic rings. The van der Waals surface area contributed by atoms with Crippen molar-refractivity contribution in [3.63, 3.8) is 0 Å². The smallest absolute Gasteiger partial charge is 0.251 e. The molecule has 8 nitrogen and oxygen atoms in total. The third kappa shape index (κ3) is 5.59. The number of nitrogens with zero attached hydrogens (tertiary/aromatic N) is 4. The van der Waals surface area contributed by atoms with Crippen LogP contribution in [0.1, 0.15) is 21.5 Å². The van der Waals surface area contributed by atoms with E-state index in [1.54, 1.807) is 24.2 Å². The first-order valence-electron chi connectivity index (χ1n) is 12.1. The fourth-order valence-corrected chi connectivity index (χ4v) is 5.23.